The van der Waals surface area contributed by atoms with Crippen molar-refractivity contribution >= 4 is 17.6 Å². The van der Waals surface area contributed by atoms with Crippen molar-refractivity contribution < 1.29 is 15.0 Å². The van der Waals surface area contributed by atoms with Gasteiger partial charge in [0, 0.05) is 11.1 Å². The van der Waals surface area contributed by atoms with Crippen LogP contribution in [0.25, 0.3) is 5.69 Å². The molecule has 0 radical (unpaired) electrons. The van der Waals surface area contributed by atoms with Gasteiger partial charge in [0.05, 0.1) is 5.69 Å². The number of carbonyl (C=O) groups is 1. The van der Waals surface area contributed by atoms with Crippen molar-refractivity contribution in [2.75, 3.05) is 0 Å². The van der Waals surface area contributed by atoms with Gasteiger partial charge >= 0.3 is 5.97 Å². The van der Waals surface area contributed by atoms with Gasteiger partial charge in [-0.25, -0.2) is 4.79 Å². The Bertz CT molecular complexity index is 724. The monoisotopic (exact) mass is 280 g/mol. The maximum Gasteiger partial charge on any atom is 0.360 e. The predicted molar refractivity (Wildman–Crippen MR) is 68.2 cm³/mol. The van der Waals surface area contributed by atoms with Crippen LogP contribution in [0.3, 0.4) is 0 Å². The molecule has 0 atom stereocenters. The van der Waals surface area contributed by atoms with Crippen LogP contribution in [0.2, 0.25) is 5.02 Å². The van der Waals surface area contributed by atoms with E-state index >= 15 is 0 Å². The molecule has 6 nitrogen and oxygen atoms in total. The lowest BCUT2D eigenvalue weighted by Crippen LogP contribution is -2.23. The molecule has 1 aromatic carbocycles. The molecule has 0 bridgehead atoms. The Kier molecular flexibility index (Phi) is 3.26. The SMILES string of the molecule is Cc1c(Cl)cccc1-n1nc(C(=O)O)c(O)cc1=O. The average molecular weight is 281 g/mol. The minimum absolute atomic E-state index is 0.361. The van der Waals surface area contributed by atoms with Crippen molar-refractivity contribution in [2.45, 2.75) is 6.92 Å². The lowest BCUT2D eigenvalue weighted by Gasteiger charge is -2.10. The van der Waals surface area contributed by atoms with Crippen molar-refractivity contribution in [3.8, 4) is 11.4 Å². The fourth-order valence-electron chi connectivity index (χ4n) is 1.60. The molecule has 0 saturated heterocycles. The highest BCUT2D eigenvalue weighted by molar-refractivity contribution is 6.31. The number of aromatic hydroxyl groups is 1. The Morgan fingerprint density at radius 1 is 1.42 bits per heavy atom. The predicted octanol–water partition coefficient (Wildman–Crippen LogP) is 1.60. The summed E-state index contributed by atoms with van der Waals surface area (Å²) in [6.45, 7) is 1.68. The molecule has 19 heavy (non-hydrogen) atoms. The third-order valence-electron chi connectivity index (χ3n) is 2.58. The Labute approximate surface area is 112 Å². The Hall–Kier alpha value is -2.34. The first-order valence-electron chi connectivity index (χ1n) is 5.24. The highest BCUT2D eigenvalue weighted by Gasteiger charge is 2.16. The molecule has 0 saturated carbocycles. The maximum absolute atomic E-state index is 11.8. The van der Waals surface area contributed by atoms with E-state index in [9.17, 15) is 14.7 Å². The molecule has 7 heteroatoms. The summed E-state index contributed by atoms with van der Waals surface area (Å²) in [4.78, 5) is 22.7. The number of rotatable bonds is 2. The van der Waals surface area contributed by atoms with Crippen LogP contribution in [0.15, 0.2) is 29.1 Å². The van der Waals surface area contributed by atoms with Crippen LogP contribution in [-0.2, 0) is 0 Å². The third-order valence-corrected chi connectivity index (χ3v) is 2.99. The van der Waals surface area contributed by atoms with Gasteiger partial charge in [-0.3, -0.25) is 4.79 Å². The Morgan fingerprint density at radius 2 is 2.11 bits per heavy atom. The third kappa shape index (κ3) is 2.30. The van der Waals surface area contributed by atoms with Gasteiger partial charge in [-0.15, -0.1) is 0 Å². The Morgan fingerprint density at radius 3 is 2.74 bits per heavy atom. The molecule has 0 aliphatic carbocycles. The molecule has 1 heterocycles. The van der Waals surface area contributed by atoms with Gasteiger partial charge < -0.3 is 10.2 Å². The summed E-state index contributed by atoms with van der Waals surface area (Å²) < 4.78 is 0.893. The van der Waals surface area contributed by atoms with E-state index in [4.69, 9.17) is 16.7 Å². The van der Waals surface area contributed by atoms with Crippen molar-refractivity contribution in [3.63, 3.8) is 0 Å². The van der Waals surface area contributed by atoms with Crippen molar-refractivity contribution in [2.24, 2.45) is 0 Å². The molecule has 2 aromatic rings. The number of hydrogen-bond acceptors (Lipinski definition) is 4. The molecule has 1 aromatic heterocycles. The summed E-state index contributed by atoms with van der Waals surface area (Å²) in [5.41, 5.74) is -0.298. The van der Waals surface area contributed by atoms with E-state index < -0.39 is 23.0 Å². The van der Waals surface area contributed by atoms with Gasteiger partial charge in [-0.1, -0.05) is 17.7 Å². The molecule has 0 amide bonds. The zero-order valence-corrected chi connectivity index (χ0v) is 10.5. The smallest absolute Gasteiger partial charge is 0.360 e. The summed E-state index contributed by atoms with van der Waals surface area (Å²) in [6.07, 6.45) is 0. The quantitative estimate of drug-likeness (QED) is 0.871. The number of benzene rings is 1. The van der Waals surface area contributed by atoms with Gasteiger partial charge in [0.25, 0.3) is 5.56 Å². The summed E-state index contributed by atoms with van der Waals surface area (Å²) in [5, 5.41) is 22.3. The first kappa shape index (κ1) is 13.1. The maximum atomic E-state index is 11.8. The molecule has 2 N–H and O–H groups in total. The second-order valence-electron chi connectivity index (χ2n) is 3.82. The zero-order valence-electron chi connectivity index (χ0n) is 9.79. The van der Waals surface area contributed by atoms with Gasteiger partial charge in [-0.2, -0.15) is 9.78 Å². The second kappa shape index (κ2) is 4.74. The summed E-state index contributed by atoms with van der Waals surface area (Å²) >= 11 is 5.94. The largest absolute Gasteiger partial charge is 0.505 e. The molecule has 0 fully saturated rings. The van der Waals surface area contributed by atoms with Gasteiger partial charge in [-0.05, 0) is 24.6 Å². The van der Waals surface area contributed by atoms with Crippen LogP contribution in [0.5, 0.6) is 5.75 Å². The van der Waals surface area contributed by atoms with E-state index in [0.717, 1.165) is 10.7 Å². The number of aromatic carboxylic acids is 1. The van der Waals surface area contributed by atoms with Crippen LogP contribution >= 0.6 is 11.6 Å². The zero-order chi connectivity index (χ0) is 14.2. The van der Waals surface area contributed by atoms with E-state index in [0.29, 0.717) is 16.3 Å². The first-order chi connectivity index (χ1) is 8.91. The van der Waals surface area contributed by atoms with Crippen molar-refractivity contribution in [3.05, 3.63) is 50.9 Å². The highest BCUT2D eigenvalue weighted by Crippen LogP contribution is 2.21. The number of aromatic nitrogens is 2. The topological polar surface area (TPSA) is 92.4 Å². The van der Waals surface area contributed by atoms with Crippen LogP contribution < -0.4 is 5.56 Å². The van der Waals surface area contributed by atoms with Crippen molar-refractivity contribution in [1.29, 1.82) is 0 Å². The lowest BCUT2D eigenvalue weighted by molar-refractivity contribution is 0.0684. The van der Waals surface area contributed by atoms with Crippen LogP contribution in [-0.4, -0.2) is 26.0 Å². The summed E-state index contributed by atoms with van der Waals surface area (Å²) in [5.74, 6) is -2.10. The fraction of sp³-hybridized carbons (Fsp3) is 0.0833. The number of carboxylic acid groups (broad SMARTS) is 1. The summed E-state index contributed by atoms with van der Waals surface area (Å²) in [7, 11) is 0. The van der Waals surface area contributed by atoms with Crippen LogP contribution in [0.1, 0.15) is 16.1 Å². The van der Waals surface area contributed by atoms with Crippen molar-refractivity contribution in [1.82, 2.24) is 9.78 Å². The molecular formula is C12H9ClN2O4. The fourth-order valence-corrected chi connectivity index (χ4v) is 1.77. The normalized spacial score (nSPS) is 10.4. The van der Waals surface area contributed by atoms with Gasteiger partial charge in [0.1, 0.15) is 0 Å². The summed E-state index contributed by atoms with van der Waals surface area (Å²) in [6, 6.07) is 5.64. The van der Waals surface area contributed by atoms with Gasteiger partial charge in [0.2, 0.25) is 5.69 Å². The molecular weight excluding hydrogens is 272 g/mol. The standard InChI is InChI=1S/C12H9ClN2O4/c1-6-7(13)3-2-4-8(6)15-10(17)5-9(16)11(14-15)12(18)19/h2-5,16H,1H3,(H,18,19). The second-order valence-corrected chi connectivity index (χ2v) is 4.22. The van der Waals surface area contributed by atoms with E-state index in [-0.39, 0.29) is 0 Å². The molecule has 98 valence electrons. The minimum atomic E-state index is -1.43. The lowest BCUT2D eigenvalue weighted by atomic mass is 10.2. The van der Waals surface area contributed by atoms with Crippen LogP contribution in [0, 0.1) is 6.92 Å². The molecule has 2 rings (SSSR count). The van der Waals surface area contributed by atoms with Crippen LogP contribution in [0.4, 0.5) is 0 Å². The van der Waals surface area contributed by atoms with E-state index in [1.807, 2.05) is 0 Å². The number of carboxylic acids is 1. The minimum Gasteiger partial charge on any atom is -0.505 e. The molecule has 0 spiro atoms. The number of hydrogen-bond donors (Lipinski definition) is 2. The molecule has 0 aliphatic heterocycles. The number of nitrogens with zero attached hydrogens (tertiary/aromatic N) is 2. The first-order valence-corrected chi connectivity index (χ1v) is 5.61. The van der Waals surface area contributed by atoms with Gasteiger partial charge in [0.15, 0.2) is 5.75 Å². The molecule has 0 aliphatic rings. The van der Waals surface area contributed by atoms with E-state index in [1.54, 1.807) is 25.1 Å². The Balaban J connectivity index is 2.76. The molecule has 0 unspecified atom stereocenters. The average Bonchev–Trinajstić information content (AvgIpc) is 2.33. The highest BCUT2D eigenvalue weighted by atomic mass is 35.5. The van der Waals surface area contributed by atoms with E-state index in [2.05, 4.69) is 5.10 Å². The van der Waals surface area contributed by atoms with E-state index in [1.165, 1.54) is 0 Å². The number of halogens is 1.